The quantitative estimate of drug-likeness (QED) is 0.309. The van der Waals surface area contributed by atoms with E-state index in [-0.39, 0.29) is 11.4 Å². The molecule has 176 valence electrons. The number of ether oxygens (including phenoxy) is 1. The third-order valence-corrected chi connectivity index (χ3v) is 7.48. The topological polar surface area (TPSA) is 25.0 Å². The predicted octanol–water partition coefficient (Wildman–Crippen LogP) is 8.74. The second-order valence-electron chi connectivity index (χ2n) is 9.88. The average molecular weight is 456 g/mol. The summed E-state index contributed by atoms with van der Waals surface area (Å²) < 4.78 is 21.8. The third kappa shape index (κ3) is 3.76. The second-order valence-corrected chi connectivity index (χ2v) is 9.88. The smallest absolute Gasteiger partial charge is 0.131 e. The molecule has 0 saturated heterocycles. The Kier molecular flexibility index (Phi) is 6.07. The molecule has 3 heteroatoms. The van der Waals surface area contributed by atoms with Crippen molar-refractivity contribution in [2.75, 3.05) is 6.61 Å². The number of hydrogen-bond acceptors (Lipinski definition) is 1. The molecule has 0 amide bonds. The highest BCUT2D eigenvalue weighted by Crippen LogP contribution is 2.45. The summed E-state index contributed by atoms with van der Waals surface area (Å²) in [6.07, 6.45) is 3.91. The Morgan fingerprint density at radius 3 is 2.44 bits per heavy atom. The second kappa shape index (κ2) is 9.03. The van der Waals surface area contributed by atoms with Crippen molar-refractivity contribution in [1.82, 2.24) is 4.98 Å². The van der Waals surface area contributed by atoms with Gasteiger partial charge in [-0.3, -0.25) is 0 Å². The van der Waals surface area contributed by atoms with Crippen LogP contribution in [0, 0.1) is 5.82 Å². The lowest BCUT2D eigenvalue weighted by molar-refractivity contribution is -0.0723. The summed E-state index contributed by atoms with van der Waals surface area (Å²) >= 11 is 0. The Morgan fingerprint density at radius 1 is 0.971 bits per heavy atom. The molecule has 5 rings (SSSR count). The van der Waals surface area contributed by atoms with Gasteiger partial charge in [0, 0.05) is 16.5 Å². The molecule has 4 aromatic rings. The van der Waals surface area contributed by atoms with Crippen molar-refractivity contribution in [2.24, 2.45) is 0 Å². The molecule has 34 heavy (non-hydrogen) atoms. The molecule has 0 saturated carbocycles. The van der Waals surface area contributed by atoms with Gasteiger partial charge in [0.05, 0.1) is 17.8 Å². The zero-order valence-corrected chi connectivity index (χ0v) is 20.7. The van der Waals surface area contributed by atoms with Crippen molar-refractivity contribution in [3.8, 4) is 22.3 Å². The maximum atomic E-state index is 15.4. The predicted molar refractivity (Wildman–Crippen MR) is 140 cm³/mol. The van der Waals surface area contributed by atoms with E-state index in [0.717, 1.165) is 54.5 Å². The number of hydrogen-bond donors (Lipinski definition) is 1. The lowest BCUT2D eigenvalue weighted by Gasteiger charge is -2.36. The summed E-state index contributed by atoms with van der Waals surface area (Å²) in [6.45, 7) is 9.63. The highest BCUT2D eigenvalue weighted by atomic mass is 19.1. The van der Waals surface area contributed by atoms with E-state index in [4.69, 9.17) is 4.74 Å². The van der Waals surface area contributed by atoms with Gasteiger partial charge >= 0.3 is 0 Å². The Morgan fingerprint density at radius 2 is 1.76 bits per heavy atom. The molecule has 0 bridgehead atoms. The monoisotopic (exact) mass is 455 g/mol. The molecule has 1 atom stereocenters. The molecule has 1 aromatic heterocycles. The average Bonchev–Trinajstić information content (AvgIpc) is 3.24. The van der Waals surface area contributed by atoms with Gasteiger partial charge in [0.1, 0.15) is 11.4 Å². The van der Waals surface area contributed by atoms with Crippen LogP contribution in [0.3, 0.4) is 0 Å². The lowest BCUT2D eigenvalue weighted by Crippen LogP contribution is -2.35. The Hall–Kier alpha value is -2.91. The van der Waals surface area contributed by atoms with Crippen molar-refractivity contribution in [2.45, 2.75) is 64.9 Å². The standard InChI is InChI=1S/C31H34FNO/c1-5-15-31(6-2)30-25(14-16-34-31)27-18-23(20(3)4)17-26(29(27)33-30)22-12-13-24(28(32)19-22)21-10-8-7-9-11-21/h7-13,17-20,33H,5-6,14-16H2,1-4H3. The number of H-pyrrole nitrogens is 1. The van der Waals surface area contributed by atoms with E-state index in [9.17, 15) is 0 Å². The Balaban J connectivity index is 1.72. The molecule has 0 fully saturated rings. The number of halogens is 1. The summed E-state index contributed by atoms with van der Waals surface area (Å²) in [5.74, 6) is 0.189. The Labute approximate surface area is 202 Å². The van der Waals surface area contributed by atoms with Crippen LogP contribution in [0.5, 0.6) is 0 Å². The van der Waals surface area contributed by atoms with Crippen LogP contribution in [0.2, 0.25) is 0 Å². The molecule has 0 aliphatic carbocycles. The van der Waals surface area contributed by atoms with Crippen LogP contribution < -0.4 is 0 Å². The van der Waals surface area contributed by atoms with Gasteiger partial charge in [-0.2, -0.15) is 0 Å². The van der Waals surface area contributed by atoms with E-state index in [1.807, 2.05) is 36.4 Å². The lowest BCUT2D eigenvalue weighted by atomic mass is 9.85. The van der Waals surface area contributed by atoms with Gasteiger partial charge in [-0.25, -0.2) is 4.39 Å². The summed E-state index contributed by atoms with van der Waals surface area (Å²) in [5, 5.41) is 1.26. The highest BCUT2D eigenvalue weighted by molar-refractivity contribution is 5.98. The summed E-state index contributed by atoms with van der Waals surface area (Å²) in [6, 6.07) is 20.0. The van der Waals surface area contributed by atoms with Gasteiger partial charge in [0.2, 0.25) is 0 Å². The summed E-state index contributed by atoms with van der Waals surface area (Å²) in [4.78, 5) is 3.79. The minimum absolute atomic E-state index is 0.194. The van der Waals surface area contributed by atoms with Crippen LogP contribution in [-0.4, -0.2) is 11.6 Å². The molecular formula is C31H34FNO. The first-order valence-corrected chi connectivity index (χ1v) is 12.7. The molecule has 2 heterocycles. The first-order chi connectivity index (χ1) is 16.5. The third-order valence-electron chi connectivity index (χ3n) is 7.48. The molecule has 1 aliphatic rings. The first-order valence-electron chi connectivity index (χ1n) is 12.7. The molecule has 1 N–H and O–H groups in total. The van der Waals surface area contributed by atoms with E-state index in [1.165, 1.54) is 22.2 Å². The van der Waals surface area contributed by atoms with E-state index in [2.05, 4.69) is 50.9 Å². The van der Waals surface area contributed by atoms with E-state index >= 15 is 4.39 Å². The SMILES string of the molecule is CCCC1(CC)OCCc2c1[nH]c1c(-c3ccc(-c4ccccc4)c(F)c3)cc(C(C)C)cc21. The molecule has 1 unspecified atom stereocenters. The normalized spacial score (nSPS) is 17.9. The molecular weight excluding hydrogens is 421 g/mol. The van der Waals surface area contributed by atoms with Gasteiger partial charge in [-0.1, -0.05) is 76.6 Å². The first kappa shape index (κ1) is 22.9. The van der Waals surface area contributed by atoms with Crippen LogP contribution >= 0.6 is 0 Å². The van der Waals surface area contributed by atoms with Gasteiger partial charge < -0.3 is 9.72 Å². The van der Waals surface area contributed by atoms with Gasteiger partial charge in [0.25, 0.3) is 0 Å². The van der Waals surface area contributed by atoms with E-state index in [0.29, 0.717) is 11.5 Å². The van der Waals surface area contributed by atoms with Gasteiger partial charge in [-0.15, -0.1) is 0 Å². The van der Waals surface area contributed by atoms with Crippen LogP contribution in [0.15, 0.2) is 60.7 Å². The Bertz CT molecular complexity index is 1320. The van der Waals surface area contributed by atoms with Crippen molar-refractivity contribution in [1.29, 1.82) is 0 Å². The number of fused-ring (bicyclic) bond motifs is 3. The highest BCUT2D eigenvalue weighted by Gasteiger charge is 2.38. The van der Waals surface area contributed by atoms with Crippen molar-refractivity contribution in [3.05, 3.63) is 83.3 Å². The fourth-order valence-corrected chi connectivity index (χ4v) is 5.59. The number of rotatable bonds is 6. The van der Waals surface area contributed by atoms with Crippen molar-refractivity contribution < 1.29 is 9.13 Å². The molecule has 1 aliphatic heterocycles. The fourth-order valence-electron chi connectivity index (χ4n) is 5.59. The van der Waals surface area contributed by atoms with E-state index in [1.54, 1.807) is 6.07 Å². The molecule has 0 radical (unpaired) electrons. The minimum Gasteiger partial charge on any atom is -0.368 e. The van der Waals surface area contributed by atoms with Crippen LogP contribution in [0.4, 0.5) is 4.39 Å². The summed E-state index contributed by atoms with van der Waals surface area (Å²) in [7, 11) is 0. The summed E-state index contributed by atoms with van der Waals surface area (Å²) in [5.41, 5.74) is 8.21. The van der Waals surface area contributed by atoms with Crippen molar-refractivity contribution in [3.63, 3.8) is 0 Å². The zero-order valence-electron chi connectivity index (χ0n) is 20.7. The zero-order chi connectivity index (χ0) is 23.9. The maximum Gasteiger partial charge on any atom is 0.131 e. The number of benzene rings is 3. The minimum atomic E-state index is -0.265. The molecule has 2 nitrogen and oxygen atoms in total. The number of aromatic nitrogens is 1. The van der Waals surface area contributed by atoms with Gasteiger partial charge in [-0.05, 0) is 65.6 Å². The van der Waals surface area contributed by atoms with Gasteiger partial charge in [0.15, 0.2) is 0 Å². The maximum absolute atomic E-state index is 15.4. The van der Waals surface area contributed by atoms with E-state index < -0.39 is 0 Å². The largest absolute Gasteiger partial charge is 0.368 e. The fraction of sp³-hybridized carbons (Fsp3) is 0.355. The number of aromatic amines is 1. The number of nitrogens with one attached hydrogen (secondary N) is 1. The van der Waals surface area contributed by atoms with Crippen molar-refractivity contribution >= 4 is 10.9 Å². The van der Waals surface area contributed by atoms with Crippen LogP contribution in [-0.2, 0) is 16.8 Å². The molecule has 3 aromatic carbocycles. The van der Waals surface area contributed by atoms with Crippen LogP contribution in [0.1, 0.15) is 69.7 Å². The molecule has 0 spiro atoms. The van der Waals surface area contributed by atoms with Crippen LogP contribution in [0.25, 0.3) is 33.2 Å².